The van der Waals surface area contributed by atoms with Gasteiger partial charge in [-0.2, -0.15) is 0 Å². The summed E-state index contributed by atoms with van der Waals surface area (Å²) in [4.78, 5) is 24.8. The van der Waals surface area contributed by atoms with Gasteiger partial charge in [-0.1, -0.05) is 51.1 Å². The van der Waals surface area contributed by atoms with Crippen molar-refractivity contribution in [1.82, 2.24) is 5.32 Å². The third-order valence-corrected chi connectivity index (χ3v) is 4.69. The maximum absolute atomic E-state index is 12.2. The smallest absolute Gasteiger partial charge is 0.333 e. The Balaban J connectivity index is 2.05. The molecule has 1 aromatic heterocycles. The van der Waals surface area contributed by atoms with Gasteiger partial charge in [-0.3, -0.25) is 4.79 Å². The van der Waals surface area contributed by atoms with Crippen LogP contribution in [0.25, 0.3) is 6.08 Å². The second kappa shape index (κ2) is 8.12. The van der Waals surface area contributed by atoms with Gasteiger partial charge in [0.1, 0.15) is 0 Å². The average Bonchev–Trinajstić information content (AvgIpc) is 3.11. The first-order valence-electron chi connectivity index (χ1n) is 8.01. The number of carbonyl (C=O) groups is 2. The van der Waals surface area contributed by atoms with E-state index in [1.165, 1.54) is 30.1 Å². The molecular weight excluding hydrogens is 334 g/mol. The molecule has 0 unspecified atom stereocenters. The van der Waals surface area contributed by atoms with Crippen LogP contribution in [-0.2, 0) is 19.7 Å². The van der Waals surface area contributed by atoms with E-state index < -0.39 is 12.0 Å². The molecule has 0 fully saturated rings. The summed E-state index contributed by atoms with van der Waals surface area (Å²) in [7, 11) is 1.31. The Hall–Kier alpha value is -2.40. The van der Waals surface area contributed by atoms with Gasteiger partial charge in [0.25, 0.3) is 0 Å². The predicted molar refractivity (Wildman–Crippen MR) is 101 cm³/mol. The second-order valence-electron chi connectivity index (χ2n) is 6.69. The van der Waals surface area contributed by atoms with Crippen LogP contribution in [0.1, 0.15) is 42.8 Å². The van der Waals surface area contributed by atoms with Crippen LogP contribution in [0.2, 0.25) is 0 Å². The lowest BCUT2D eigenvalue weighted by molar-refractivity contribution is -0.144. The van der Waals surface area contributed by atoms with E-state index >= 15 is 0 Å². The van der Waals surface area contributed by atoms with Crippen LogP contribution in [0.5, 0.6) is 0 Å². The zero-order chi connectivity index (χ0) is 18.4. The van der Waals surface area contributed by atoms with E-state index in [2.05, 4.69) is 38.2 Å². The van der Waals surface area contributed by atoms with Crippen LogP contribution >= 0.6 is 11.3 Å². The van der Waals surface area contributed by atoms with Gasteiger partial charge in [-0.15, -0.1) is 11.3 Å². The van der Waals surface area contributed by atoms with Crippen molar-refractivity contribution in [3.05, 3.63) is 63.9 Å². The lowest BCUT2D eigenvalue weighted by atomic mass is 9.87. The van der Waals surface area contributed by atoms with Crippen LogP contribution < -0.4 is 5.32 Å². The molecule has 5 heteroatoms. The largest absolute Gasteiger partial charge is 0.467 e. The molecule has 1 atom stereocenters. The summed E-state index contributed by atoms with van der Waals surface area (Å²) in [6, 6.07) is 10.9. The van der Waals surface area contributed by atoms with Crippen LogP contribution in [0.15, 0.2) is 47.9 Å². The minimum absolute atomic E-state index is 0.0913. The van der Waals surface area contributed by atoms with E-state index in [1.54, 1.807) is 12.1 Å². The Morgan fingerprint density at radius 1 is 1.16 bits per heavy atom. The molecule has 1 heterocycles. The summed E-state index contributed by atoms with van der Waals surface area (Å²) in [5.74, 6) is -0.831. The fourth-order valence-corrected chi connectivity index (χ4v) is 3.04. The molecule has 2 aromatic rings. The molecule has 2 rings (SSSR count). The molecule has 0 radical (unpaired) electrons. The van der Waals surface area contributed by atoms with Crippen molar-refractivity contribution in [3.63, 3.8) is 0 Å². The fraction of sp³-hybridized carbons (Fsp3) is 0.300. The summed E-state index contributed by atoms with van der Waals surface area (Å²) < 4.78 is 4.77. The van der Waals surface area contributed by atoms with E-state index in [0.29, 0.717) is 0 Å². The summed E-state index contributed by atoms with van der Waals surface area (Å²) in [5, 5.41) is 4.54. The van der Waals surface area contributed by atoms with Gasteiger partial charge in [0, 0.05) is 11.0 Å². The number of nitrogens with one attached hydrogen (secondary N) is 1. The quantitative estimate of drug-likeness (QED) is 0.648. The van der Waals surface area contributed by atoms with Gasteiger partial charge in [0.15, 0.2) is 6.04 Å². The second-order valence-corrected chi connectivity index (χ2v) is 7.66. The summed E-state index contributed by atoms with van der Waals surface area (Å²) in [6.45, 7) is 6.47. The molecule has 4 nitrogen and oxygen atoms in total. The number of amides is 1. The molecule has 0 saturated heterocycles. The van der Waals surface area contributed by atoms with Gasteiger partial charge >= 0.3 is 5.97 Å². The topological polar surface area (TPSA) is 55.4 Å². The van der Waals surface area contributed by atoms with Gasteiger partial charge in [0.2, 0.25) is 5.91 Å². The van der Waals surface area contributed by atoms with Gasteiger partial charge in [-0.05, 0) is 34.1 Å². The highest BCUT2D eigenvalue weighted by Crippen LogP contribution is 2.23. The first kappa shape index (κ1) is 18.9. The molecule has 25 heavy (non-hydrogen) atoms. The Morgan fingerprint density at radius 2 is 1.84 bits per heavy atom. The van der Waals surface area contributed by atoms with Crippen molar-refractivity contribution in [1.29, 1.82) is 0 Å². The maximum Gasteiger partial charge on any atom is 0.333 e. The van der Waals surface area contributed by atoms with Crippen molar-refractivity contribution >= 4 is 29.3 Å². The minimum Gasteiger partial charge on any atom is -0.467 e. The molecule has 0 aliphatic rings. The predicted octanol–water partition coefficient (Wildman–Crippen LogP) is 4.09. The zero-order valence-corrected chi connectivity index (χ0v) is 15.7. The number of thiophene rings is 1. The first-order valence-corrected chi connectivity index (χ1v) is 8.89. The third kappa shape index (κ3) is 5.29. The number of hydrogen-bond donors (Lipinski definition) is 1. The number of rotatable bonds is 5. The Bertz CT molecular complexity index is 740. The molecule has 0 saturated carbocycles. The minimum atomic E-state index is -0.787. The number of esters is 1. The highest BCUT2D eigenvalue weighted by atomic mass is 32.1. The molecule has 1 N–H and O–H groups in total. The normalized spacial score (nSPS) is 12.8. The molecular formula is C20H23NO3S. The third-order valence-electron chi connectivity index (χ3n) is 3.76. The SMILES string of the molecule is COC(=O)[C@@H](NC(=O)/C=C\c1ccc(C(C)(C)C)cc1)c1cccs1. The van der Waals surface area contributed by atoms with Crippen molar-refractivity contribution in [3.8, 4) is 0 Å². The molecule has 1 amide bonds. The van der Waals surface area contributed by atoms with Crippen molar-refractivity contribution in [2.24, 2.45) is 0 Å². The van der Waals surface area contributed by atoms with E-state index in [4.69, 9.17) is 4.74 Å². The Morgan fingerprint density at radius 3 is 2.36 bits per heavy atom. The van der Waals surface area contributed by atoms with E-state index in [-0.39, 0.29) is 11.3 Å². The Labute approximate surface area is 152 Å². The van der Waals surface area contributed by atoms with E-state index in [1.807, 2.05) is 23.6 Å². The molecule has 132 valence electrons. The lowest BCUT2D eigenvalue weighted by Crippen LogP contribution is -2.32. The summed E-state index contributed by atoms with van der Waals surface area (Å²) in [6.07, 6.45) is 3.15. The maximum atomic E-state index is 12.2. The van der Waals surface area contributed by atoms with Crippen molar-refractivity contribution < 1.29 is 14.3 Å². The zero-order valence-electron chi connectivity index (χ0n) is 14.9. The molecule has 0 bridgehead atoms. The fourth-order valence-electron chi connectivity index (χ4n) is 2.28. The van der Waals surface area contributed by atoms with Crippen LogP contribution in [-0.4, -0.2) is 19.0 Å². The summed E-state index contributed by atoms with van der Waals surface area (Å²) in [5.41, 5.74) is 2.25. The van der Waals surface area contributed by atoms with E-state index in [0.717, 1.165) is 10.4 Å². The van der Waals surface area contributed by atoms with Crippen molar-refractivity contribution in [2.75, 3.05) is 7.11 Å². The molecule has 0 aliphatic carbocycles. The van der Waals surface area contributed by atoms with Gasteiger partial charge in [0.05, 0.1) is 7.11 Å². The van der Waals surface area contributed by atoms with Crippen LogP contribution in [0, 0.1) is 0 Å². The monoisotopic (exact) mass is 357 g/mol. The number of hydrogen-bond acceptors (Lipinski definition) is 4. The number of carbonyl (C=O) groups excluding carboxylic acids is 2. The number of benzene rings is 1. The molecule has 1 aromatic carbocycles. The van der Waals surface area contributed by atoms with E-state index in [9.17, 15) is 9.59 Å². The first-order chi connectivity index (χ1) is 11.8. The average molecular weight is 357 g/mol. The van der Waals surface area contributed by atoms with Gasteiger partial charge in [-0.25, -0.2) is 4.79 Å². The highest BCUT2D eigenvalue weighted by molar-refractivity contribution is 7.10. The Kier molecular flexibility index (Phi) is 6.15. The summed E-state index contributed by atoms with van der Waals surface area (Å²) >= 11 is 1.40. The van der Waals surface area contributed by atoms with Gasteiger partial charge < -0.3 is 10.1 Å². The molecule has 0 spiro atoms. The number of ether oxygens (including phenoxy) is 1. The van der Waals surface area contributed by atoms with Crippen LogP contribution in [0.4, 0.5) is 0 Å². The number of methoxy groups -OCH3 is 1. The van der Waals surface area contributed by atoms with Crippen LogP contribution in [0.3, 0.4) is 0 Å². The standard InChI is InChI=1S/C20H23NO3S/c1-20(2,3)15-10-7-14(8-11-15)9-12-17(22)21-18(19(23)24-4)16-6-5-13-25-16/h5-13,18H,1-4H3,(H,21,22)/b12-9-/t18-/m0/s1. The highest BCUT2D eigenvalue weighted by Gasteiger charge is 2.23. The van der Waals surface area contributed by atoms with Crippen molar-refractivity contribution in [2.45, 2.75) is 32.2 Å². The lowest BCUT2D eigenvalue weighted by Gasteiger charge is -2.18. The molecule has 0 aliphatic heterocycles.